The summed E-state index contributed by atoms with van der Waals surface area (Å²) >= 11 is 0. The first kappa shape index (κ1) is 26.6. The van der Waals surface area contributed by atoms with Crippen LogP contribution in [0.2, 0.25) is 0 Å². The summed E-state index contributed by atoms with van der Waals surface area (Å²) in [4.78, 5) is 17.5. The molecule has 0 radical (unpaired) electrons. The van der Waals surface area contributed by atoms with Crippen molar-refractivity contribution in [1.29, 1.82) is 0 Å². The molecule has 4 aromatic rings. The number of rotatable bonds is 6. The predicted molar refractivity (Wildman–Crippen MR) is 148 cm³/mol. The lowest BCUT2D eigenvalue weighted by atomic mass is 9.88. The molecule has 0 fully saturated rings. The fourth-order valence-corrected chi connectivity index (χ4v) is 5.09. The molecule has 8 nitrogen and oxygen atoms in total. The third kappa shape index (κ3) is 5.46. The molecule has 5 rings (SSSR count). The zero-order chi connectivity index (χ0) is 27.8. The quantitative estimate of drug-likeness (QED) is 0.343. The van der Waals surface area contributed by atoms with E-state index in [-0.39, 0.29) is 18.1 Å². The number of aliphatic hydroxyl groups excluding tert-OH is 1. The lowest BCUT2D eigenvalue weighted by Crippen LogP contribution is -2.42. The van der Waals surface area contributed by atoms with Crippen LogP contribution in [0.25, 0.3) is 22.6 Å². The summed E-state index contributed by atoms with van der Waals surface area (Å²) in [6.07, 6.45) is 1.30. The Morgan fingerprint density at radius 2 is 1.74 bits per heavy atom. The van der Waals surface area contributed by atoms with Crippen molar-refractivity contribution in [3.63, 3.8) is 0 Å². The van der Waals surface area contributed by atoms with E-state index >= 15 is 0 Å². The van der Waals surface area contributed by atoms with Crippen molar-refractivity contribution in [3.8, 4) is 28.3 Å². The fraction of sp³-hybridized carbons (Fsp3) is 0.267. The smallest absolute Gasteiger partial charge is 0.265 e. The minimum Gasteiger partial charge on any atom is -0.493 e. The molecule has 1 aliphatic rings. The maximum absolute atomic E-state index is 13.0. The number of ether oxygens (including phenoxy) is 1. The molecule has 2 atom stereocenters. The van der Waals surface area contributed by atoms with Crippen LogP contribution < -0.4 is 9.46 Å². The lowest BCUT2D eigenvalue weighted by Gasteiger charge is -2.30. The highest BCUT2D eigenvalue weighted by molar-refractivity contribution is 7.91. The maximum Gasteiger partial charge on any atom is 0.265 e. The van der Waals surface area contributed by atoms with Gasteiger partial charge in [-0.3, -0.25) is 4.79 Å². The van der Waals surface area contributed by atoms with Crippen molar-refractivity contribution in [2.75, 3.05) is 6.61 Å². The van der Waals surface area contributed by atoms with E-state index in [4.69, 9.17) is 9.15 Å². The molecule has 0 bridgehead atoms. The van der Waals surface area contributed by atoms with Crippen LogP contribution in [0.4, 0.5) is 0 Å². The Bertz CT molecular complexity index is 1610. The molecular formula is C30H30N2O6S. The molecule has 202 valence electrons. The molecule has 0 aliphatic carbocycles. The van der Waals surface area contributed by atoms with E-state index in [2.05, 4.69) is 9.71 Å². The number of aliphatic hydroxyl groups is 1. The van der Waals surface area contributed by atoms with Crippen LogP contribution in [0.5, 0.6) is 5.75 Å². The maximum atomic E-state index is 13.0. The standard InChI is InChI=1S/C30H30N2O6S/c1-30(2,3)39(35,36)32-28(34)24-12-8-7-11-23(24)20-13-14-25-26(16-20)37-17-21(27(25)33)15-22-18-38-29(31-22)19-9-5-4-6-10-19/h4-14,16,18,21,27,33H,15,17H2,1-3H3,(H,32,34). The summed E-state index contributed by atoms with van der Waals surface area (Å²) in [6.45, 7) is 4.85. The van der Waals surface area contributed by atoms with Crippen LogP contribution in [-0.4, -0.2) is 35.8 Å². The molecule has 3 aromatic carbocycles. The van der Waals surface area contributed by atoms with Crippen LogP contribution in [0.3, 0.4) is 0 Å². The molecule has 0 spiro atoms. The molecule has 0 saturated heterocycles. The molecule has 2 N–H and O–H groups in total. The van der Waals surface area contributed by atoms with Gasteiger partial charge in [0.25, 0.3) is 5.91 Å². The summed E-state index contributed by atoms with van der Waals surface area (Å²) in [5.41, 5.74) is 3.69. The third-order valence-electron chi connectivity index (χ3n) is 6.79. The van der Waals surface area contributed by atoms with Crippen LogP contribution >= 0.6 is 0 Å². The van der Waals surface area contributed by atoms with E-state index in [0.29, 0.717) is 34.8 Å². The Kier molecular flexibility index (Phi) is 7.05. The largest absolute Gasteiger partial charge is 0.493 e. The van der Waals surface area contributed by atoms with Crippen molar-refractivity contribution in [3.05, 3.63) is 95.9 Å². The summed E-state index contributed by atoms with van der Waals surface area (Å²) in [5, 5.41) is 11.1. The SMILES string of the molecule is CC(C)(C)S(=O)(=O)NC(=O)c1ccccc1-c1ccc2c(c1)OCC(Cc1coc(-c3ccccc3)n1)C2O. The van der Waals surface area contributed by atoms with Crippen LogP contribution in [0.15, 0.2) is 83.5 Å². The average Bonchev–Trinajstić information content (AvgIpc) is 3.38. The molecule has 9 heteroatoms. The highest BCUT2D eigenvalue weighted by atomic mass is 32.2. The summed E-state index contributed by atoms with van der Waals surface area (Å²) in [7, 11) is -3.88. The van der Waals surface area contributed by atoms with Crippen molar-refractivity contribution in [2.24, 2.45) is 5.92 Å². The first-order chi connectivity index (χ1) is 18.5. The Labute approximate surface area is 227 Å². The van der Waals surface area contributed by atoms with Gasteiger partial charge in [0.1, 0.15) is 12.0 Å². The normalized spacial score (nSPS) is 17.2. The number of aromatic nitrogens is 1. The van der Waals surface area contributed by atoms with Gasteiger partial charge in [-0.1, -0.05) is 48.5 Å². The summed E-state index contributed by atoms with van der Waals surface area (Å²) in [5.74, 6) is 0.109. The number of carbonyl (C=O) groups excluding carboxylic acids is 1. The van der Waals surface area contributed by atoms with Gasteiger partial charge in [-0.05, 0) is 56.2 Å². The second kappa shape index (κ2) is 10.3. The van der Waals surface area contributed by atoms with Crippen molar-refractivity contribution in [1.82, 2.24) is 9.71 Å². The van der Waals surface area contributed by atoms with Crippen molar-refractivity contribution in [2.45, 2.75) is 38.0 Å². The third-order valence-corrected chi connectivity index (χ3v) is 8.86. The molecule has 1 aliphatic heterocycles. The fourth-order valence-electron chi connectivity index (χ4n) is 4.43. The zero-order valence-electron chi connectivity index (χ0n) is 21.9. The number of fused-ring (bicyclic) bond motifs is 1. The molecule has 39 heavy (non-hydrogen) atoms. The highest BCUT2D eigenvalue weighted by Crippen LogP contribution is 2.40. The van der Waals surface area contributed by atoms with Gasteiger partial charge in [0, 0.05) is 29.0 Å². The first-order valence-corrected chi connectivity index (χ1v) is 14.1. The number of nitrogens with one attached hydrogen (secondary N) is 1. The van der Waals surface area contributed by atoms with Gasteiger partial charge in [0.15, 0.2) is 0 Å². The number of benzene rings is 3. The second-order valence-corrected chi connectivity index (χ2v) is 13.0. The minimum atomic E-state index is -3.88. The molecule has 0 saturated carbocycles. The Morgan fingerprint density at radius 1 is 1.03 bits per heavy atom. The monoisotopic (exact) mass is 546 g/mol. The van der Waals surface area contributed by atoms with Gasteiger partial charge >= 0.3 is 0 Å². The van der Waals surface area contributed by atoms with Gasteiger partial charge in [-0.25, -0.2) is 18.1 Å². The van der Waals surface area contributed by atoms with Gasteiger partial charge in [-0.2, -0.15) is 0 Å². The number of hydrogen-bond donors (Lipinski definition) is 2. The van der Waals surface area contributed by atoms with Gasteiger partial charge < -0.3 is 14.3 Å². The van der Waals surface area contributed by atoms with E-state index < -0.39 is 26.8 Å². The molecule has 2 heterocycles. The Hall–Kier alpha value is -3.95. The van der Waals surface area contributed by atoms with Crippen molar-refractivity contribution < 1.29 is 27.5 Å². The number of sulfonamides is 1. The van der Waals surface area contributed by atoms with E-state index in [9.17, 15) is 18.3 Å². The van der Waals surface area contributed by atoms with Crippen LogP contribution in [0.1, 0.15) is 48.5 Å². The molecular weight excluding hydrogens is 516 g/mol. The van der Waals surface area contributed by atoms with E-state index in [1.165, 1.54) is 20.8 Å². The number of hydrogen-bond acceptors (Lipinski definition) is 7. The van der Waals surface area contributed by atoms with E-state index in [1.807, 2.05) is 30.3 Å². The van der Waals surface area contributed by atoms with E-state index in [1.54, 1.807) is 48.7 Å². The number of oxazole rings is 1. The zero-order valence-corrected chi connectivity index (χ0v) is 22.7. The van der Waals surface area contributed by atoms with Crippen molar-refractivity contribution >= 4 is 15.9 Å². The molecule has 1 aromatic heterocycles. The number of nitrogens with zero attached hydrogens (tertiary/aromatic N) is 1. The topological polar surface area (TPSA) is 119 Å². The average molecular weight is 547 g/mol. The first-order valence-electron chi connectivity index (χ1n) is 12.6. The van der Waals surface area contributed by atoms with E-state index in [0.717, 1.165) is 11.3 Å². The van der Waals surface area contributed by atoms with Crippen LogP contribution in [-0.2, 0) is 16.4 Å². The van der Waals surface area contributed by atoms with Gasteiger partial charge in [0.2, 0.25) is 15.9 Å². The second-order valence-electron chi connectivity index (χ2n) is 10.6. The lowest BCUT2D eigenvalue weighted by molar-refractivity contribution is 0.0503. The molecule has 2 unspecified atom stereocenters. The summed E-state index contributed by atoms with van der Waals surface area (Å²) < 4.78 is 37.8. The van der Waals surface area contributed by atoms with Gasteiger partial charge in [-0.15, -0.1) is 0 Å². The highest BCUT2D eigenvalue weighted by Gasteiger charge is 2.33. The molecule has 1 amide bonds. The van der Waals surface area contributed by atoms with Gasteiger partial charge in [0.05, 0.1) is 23.2 Å². The Balaban J connectivity index is 1.35. The van der Waals surface area contributed by atoms with Crippen LogP contribution in [0, 0.1) is 5.92 Å². The minimum absolute atomic E-state index is 0.222. The predicted octanol–water partition coefficient (Wildman–Crippen LogP) is 5.15. The number of carbonyl (C=O) groups is 1. The Morgan fingerprint density at radius 3 is 2.49 bits per heavy atom. The summed E-state index contributed by atoms with van der Waals surface area (Å²) in [6, 6.07) is 21.7. The number of amides is 1.